The van der Waals surface area contributed by atoms with Crippen LogP contribution in [0.1, 0.15) is 34.6 Å². The molecule has 0 bridgehead atoms. The van der Waals surface area contributed by atoms with E-state index in [1.54, 1.807) is 7.11 Å². The van der Waals surface area contributed by atoms with Gasteiger partial charge >= 0.3 is 12.1 Å². The van der Waals surface area contributed by atoms with Gasteiger partial charge in [-0.1, -0.05) is 18.2 Å². The van der Waals surface area contributed by atoms with E-state index in [1.165, 1.54) is 24.3 Å². The molecule has 0 aliphatic rings. The Morgan fingerprint density at radius 2 is 1.82 bits per heavy atom. The lowest BCUT2D eigenvalue weighted by Gasteiger charge is -2.17. The van der Waals surface area contributed by atoms with Crippen molar-refractivity contribution in [3.63, 3.8) is 0 Å². The molecule has 4 aromatic rings. The van der Waals surface area contributed by atoms with E-state index in [0.717, 1.165) is 29.5 Å². The van der Waals surface area contributed by atoms with E-state index in [2.05, 4.69) is 5.32 Å². The summed E-state index contributed by atoms with van der Waals surface area (Å²) in [6.07, 6.45) is -4.63. The second kappa shape index (κ2) is 11.0. The number of carboxylic acids is 1. The highest BCUT2D eigenvalue weighted by atomic mass is 19.4. The Morgan fingerprint density at radius 1 is 1.03 bits per heavy atom. The van der Waals surface area contributed by atoms with Gasteiger partial charge in [0, 0.05) is 18.7 Å². The van der Waals surface area contributed by atoms with Crippen molar-refractivity contribution >= 4 is 16.9 Å². The maximum absolute atomic E-state index is 13.6. The second-order valence-electron chi connectivity index (χ2n) is 8.54. The molecule has 0 aliphatic heterocycles. The first kappa shape index (κ1) is 26.7. The second-order valence-corrected chi connectivity index (χ2v) is 8.54. The quantitative estimate of drug-likeness (QED) is 0.261. The van der Waals surface area contributed by atoms with Crippen molar-refractivity contribution in [3.8, 4) is 22.6 Å². The molecule has 7 nitrogen and oxygen atoms in total. The molecule has 38 heavy (non-hydrogen) atoms. The fourth-order valence-electron chi connectivity index (χ4n) is 3.93. The van der Waals surface area contributed by atoms with Crippen molar-refractivity contribution in [2.24, 2.45) is 0 Å². The minimum Gasteiger partial charge on any atom is -0.497 e. The Bertz CT molecular complexity index is 1530. The molecule has 10 heteroatoms. The number of aromatic carboxylic acids is 1. The summed E-state index contributed by atoms with van der Waals surface area (Å²) >= 11 is 0. The molecule has 3 aromatic carbocycles. The number of alkyl halides is 3. The van der Waals surface area contributed by atoms with Crippen LogP contribution in [-0.4, -0.2) is 31.3 Å². The van der Waals surface area contributed by atoms with E-state index in [4.69, 9.17) is 19.0 Å². The molecule has 198 valence electrons. The van der Waals surface area contributed by atoms with Crippen LogP contribution in [-0.2, 0) is 6.18 Å². The van der Waals surface area contributed by atoms with Crippen LogP contribution >= 0.6 is 0 Å². The standard InChI is InChI=1S/C28H24F3NO6/c1-16(17-4-3-5-21(11-17)36-2)32-8-9-37-22-12-19(10-20(14-22)28(29,30)31)18-6-7-25-23(13-18)24(33)15-26(38-25)27(34)35/h3-7,10-16,32H,8-9H2,1-2H3,(H,34,35). The number of benzene rings is 3. The summed E-state index contributed by atoms with van der Waals surface area (Å²) in [7, 11) is 1.58. The Balaban J connectivity index is 1.55. The third-order valence-electron chi connectivity index (χ3n) is 5.92. The Labute approximate surface area is 215 Å². The summed E-state index contributed by atoms with van der Waals surface area (Å²) in [5.74, 6) is -1.20. The summed E-state index contributed by atoms with van der Waals surface area (Å²) < 4.78 is 57.0. The van der Waals surface area contributed by atoms with E-state index in [0.29, 0.717) is 12.1 Å². The van der Waals surface area contributed by atoms with Crippen LogP contribution in [0.25, 0.3) is 22.1 Å². The zero-order chi connectivity index (χ0) is 27.4. The van der Waals surface area contributed by atoms with Gasteiger partial charge in [0.15, 0.2) is 5.43 Å². The highest BCUT2D eigenvalue weighted by Gasteiger charge is 2.31. The lowest BCUT2D eigenvalue weighted by molar-refractivity contribution is -0.137. The predicted molar refractivity (Wildman–Crippen MR) is 135 cm³/mol. The molecule has 2 N–H and O–H groups in total. The zero-order valence-corrected chi connectivity index (χ0v) is 20.5. The number of ether oxygens (including phenoxy) is 2. The number of carbonyl (C=O) groups is 1. The molecule has 1 heterocycles. The lowest BCUT2D eigenvalue weighted by atomic mass is 10.0. The van der Waals surface area contributed by atoms with Gasteiger partial charge in [-0.2, -0.15) is 13.2 Å². The summed E-state index contributed by atoms with van der Waals surface area (Å²) in [5.41, 5.74) is -0.0359. The molecule has 0 saturated carbocycles. The van der Waals surface area contributed by atoms with Crippen LogP contribution in [0.15, 0.2) is 75.9 Å². The maximum Gasteiger partial charge on any atom is 0.416 e. The van der Waals surface area contributed by atoms with Crippen LogP contribution < -0.4 is 20.2 Å². The van der Waals surface area contributed by atoms with Crippen LogP contribution in [0, 0.1) is 0 Å². The molecule has 0 radical (unpaired) electrons. The normalized spacial score (nSPS) is 12.3. The molecule has 0 spiro atoms. The first-order chi connectivity index (χ1) is 18.0. The number of hydrogen-bond donors (Lipinski definition) is 2. The van der Waals surface area contributed by atoms with E-state index < -0.39 is 28.9 Å². The number of carboxylic acid groups (broad SMARTS) is 1. The van der Waals surface area contributed by atoms with Gasteiger partial charge in [0.2, 0.25) is 5.76 Å². The van der Waals surface area contributed by atoms with E-state index in [1.807, 2.05) is 31.2 Å². The Kier molecular flexibility index (Phi) is 7.72. The maximum atomic E-state index is 13.6. The minimum atomic E-state index is -4.63. The third-order valence-corrected chi connectivity index (χ3v) is 5.92. The molecule has 0 fully saturated rings. The van der Waals surface area contributed by atoms with Gasteiger partial charge in [0.05, 0.1) is 18.1 Å². The molecular formula is C28H24F3NO6. The number of fused-ring (bicyclic) bond motifs is 1. The number of rotatable bonds is 9. The average molecular weight is 527 g/mol. The van der Waals surface area contributed by atoms with E-state index in [-0.39, 0.29) is 34.9 Å². The Morgan fingerprint density at radius 3 is 2.53 bits per heavy atom. The van der Waals surface area contributed by atoms with Gasteiger partial charge < -0.3 is 24.3 Å². The van der Waals surface area contributed by atoms with Gasteiger partial charge in [-0.05, 0) is 66.1 Å². The van der Waals surface area contributed by atoms with Crippen molar-refractivity contribution in [3.05, 3.63) is 93.8 Å². The van der Waals surface area contributed by atoms with Crippen molar-refractivity contribution in [1.82, 2.24) is 5.32 Å². The molecule has 0 amide bonds. The highest BCUT2D eigenvalue weighted by Crippen LogP contribution is 2.36. The van der Waals surface area contributed by atoms with Crippen LogP contribution in [0.3, 0.4) is 0 Å². The van der Waals surface area contributed by atoms with Crippen LogP contribution in [0.5, 0.6) is 11.5 Å². The SMILES string of the molecule is COc1cccc(C(C)NCCOc2cc(-c3ccc4oc(C(=O)O)cc(=O)c4c3)cc(C(F)(F)F)c2)c1. The summed E-state index contributed by atoms with van der Waals surface area (Å²) in [4.78, 5) is 23.5. The molecule has 0 aliphatic carbocycles. The number of nitrogens with one attached hydrogen (secondary N) is 1. The molecule has 1 aromatic heterocycles. The van der Waals surface area contributed by atoms with Gasteiger partial charge in [-0.15, -0.1) is 0 Å². The van der Waals surface area contributed by atoms with Gasteiger partial charge in [-0.3, -0.25) is 4.79 Å². The first-order valence-corrected chi connectivity index (χ1v) is 11.6. The number of methoxy groups -OCH3 is 1. The molecule has 1 unspecified atom stereocenters. The molecule has 1 atom stereocenters. The van der Waals surface area contributed by atoms with E-state index >= 15 is 0 Å². The monoisotopic (exact) mass is 527 g/mol. The third kappa shape index (κ3) is 6.15. The van der Waals surface area contributed by atoms with Gasteiger partial charge in [0.1, 0.15) is 23.7 Å². The summed E-state index contributed by atoms with van der Waals surface area (Å²) in [5, 5.41) is 12.4. The van der Waals surface area contributed by atoms with Crippen LogP contribution in [0.4, 0.5) is 13.2 Å². The fraction of sp³-hybridized carbons (Fsp3) is 0.214. The van der Waals surface area contributed by atoms with Gasteiger partial charge in [-0.25, -0.2) is 4.79 Å². The summed E-state index contributed by atoms with van der Waals surface area (Å²) in [6.45, 7) is 2.42. The summed E-state index contributed by atoms with van der Waals surface area (Å²) in [6, 6.07) is 15.8. The average Bonchev–Trinajstić information content (AvgIpc) is 2.90. The number of hydrogen-bond acceptors (Lipinski definition) is 6. The molecule has 4 rings (SSSR count). The van der Waals surface area contributed by atoms with Crippen LogP contribution in [0.2, 0.25) is 0 Å². The van der Waals surface area contributed by atoms with E-state index in [9.17, 15) is 22.8 Å². The van der Waals surface area contributed by atoms with Gasteiger partial charge in [0.25, 0.3) is 0 Å². The van der Waals surface area contributed by atoms with Crippen molar-refractivity contribution < 1.29 is 37.0 Å². The van der Waals surface area contributed by atoms with Crippen molar-refractivity contribution in [2.75, 3.05) is 20.3 Å². The minimum absolute atomic E-state index is 0.0123. The largest absolute Gasteiger partial charge is 0.497 e. The highest BCUT2D eigenvalue weighted by molar-refractivity contribution is 5.89. The lowest BCUT2D eigenvalue weighted by Crippen LogP contribution is -2.24. The van der Waals surface area contributed by atoms with Crippen molar-refractivity contribution in [2.45, 2.75) is 19.1 Å². The topological polar surface area (TPSA) is 98.0 Å². The fourth-order valence-corrected chi connectivity index (χ4v) is 3.93. The number of halogens is 3. The zero-order valence-electron chi connectivity index (χ0n) is 20.5. The predicted octanol–water partition coefficient (Wildman–Crippen LogP) is 5.92. The smallest absolute Gasteiger partial charge is 0.416 e. The molecule has 0 saturated heterocycles. The first-order valence-electron chi connectivity index (χ1n) is 11.6. The Hall–Kier alpha value is -4.31. The molecular weight excluding hydrogens is 503 g/mol. The van der Waals surface area contributed by atoms with Crippen molar-refractivity contribution in [1.29, 1.82) is 0 Å².